The molecule has 1 saturated heterocycles. The molecule has 444 valence electrons. The quantitative estimate of drug-likeness (QED) is 0.0212. The highest BCUT2D eigenvalue weighted by atomic mass is 31.2. The molecule has 0 bridgehead atoms. The topological polar surface area (TPSA) is 211 Å². The second-order valence-electron chi connectivity index (χ2n) is 21.6. The number of ether oxygens (including phenoxy) is 5. The van der Waals surface area contributed by atoms with Crippen LogP contribution in [0.5, 0.6) is 11.5 Å². The fraction of sp³-hybridized carbons (Fsp3) is 0.328. The lowest BCUT2D eigenvalue weighted by atomic mass is 9.80. The van der Waals surface area contributed by atoms with Gasteiger partial charge in [0.1, 0.15) is 42.4 Å². The Bertz CT molecular complexity index is 3530. The second-order valence-corrected chi connectivity index (χ2v) is 23.0. The van der Waals surface area contributed by atoms with Gasteiger partial charge in [0.05, 0.1) is 52.4 Å². The van der Waals surface area contributed by atoms with Gasteiger partial charge in [0.15, 0.2) is 17.0 Å². The van der Waals surface area contributed by atoms with E-state index in [0.717, 1.165) is 44.5 Å². The number of amides is 2. The fourth-order valence-corrected chi connectivity index (χ4v) is 13.1. The van der Waals surface area contributed by atoms with Crippen LogP contribution in [0.15, 0.2) is 164 Å². The number of nitrogens with zero attached hydrogens (tertiary/aromatic N) is 6. The molecule has 10 rings (SSSR count). The first-order valence-electron chi connectivity index (χ1n) is 29.0. The number of rotatable bonds is 27. The van der Waals surface area contributed by atoms with Crippen molar-refractivity contribution in [1.29, 1.82) is 5.26 Å². The molecule has 2 amide bonds. The van der Waals surface area contributed by atoms with E-state index >= 15 is 0 Å². The lowest BCUT2D eigenvalue weighted by Crippen LogP contribution is -2.39. The van der Waals surface area contributed by atoms with Crippen molar-refractivity contribution in [3.8, 4) is 28.7 Å². The molecular weight excluding hydrogens is 1110 g/mol. The summed E-state index contributed by atoms with van der Waals surface area (Å²) in [6, 6.07) is 51.2. The number of nitrogens with one attached hydrogen (secondary N) is 2. The van der Waals surface area contributed by atoms with Crippen LogP contribution >= 0.6 is 8.53 Å². The molecular formula is C67H71N8O10P. The van der Waals surface area contributed by atoms with Gasteiger partial charge in [0.25, 0.3) is 14.4 Å². The van der Waals surface area contributed by atoms with Gasteiger partial charge in [-0.25, -0.2) is 19.6 Å². The zero-order chi connectivity index (χ0) is 60.2. The average Bonchev–Trinajstić information content (AvgIpc) is 2.60. The number of fused-ring (bicyclic) bond motifs is 4. The third-order valence-corrected chi connectivity index (χ3v) is 17.6. The highest BCUT2D eigenvalue weighted by molar-refractivity contribution is 7.44. The van der Waals surface area contributed by atoms with E-state index in [9.17, 15) is 19.6 Å². The highest BCUT2D eigenvalue weighted by Crippen LogP contribution is 2.51. The largest absolute Gasteiger partial charge is 0.497 e. The van der Waals surface area contributed by atoms with E-state index in [1.54, 1.807) is 44.8 Å². The van der Waals surface area contributed by atoms with Crippen molar-refractivity contribution >= 4 is 43.3 Å². The number of benzene rings is 6. The predicted molar refractivity (Wildman–Crippen MR) is 327 cm³/mol. The predicted octanol–water partition coefficient (Wildman–Crippen LogP) is 12.2. The Labute approximate surface area is 502 Å². The summed E-state index contributed by atoms with van der Waals surface area (Å²) < 4.78 is 49.0. The summed E-state index contributed by atoms with van der Waals surface area (Å²) in [7, 11) is 1.55. The molecule has 4 atom stereocenters. The number of anilines is 1. The van der Waals surface area contributed by atoms with Crippen molar-refractivity contribution in [3.05, 3.63) is 203 Å². The van der Waals surface area contributed by atoms with Crippen molar-refractivity contribution in [1.82, 2.24) is 29.5 Å². The molecule has 86 heavy (non-hydrogen) atoms. The van der Waals surface area contributed by atoms with Crippen molar-refractivity contribution in [2.24, 2.45) is 0 Å². The molecule has 1 aliphatic heterocycles. The molecule has 2 aromatic heterocycles. The number of imidazole rings is 1. The molecule has 1 aliphatic carbocycles. The molecule has 2 N–H and O–H groups in total. The van der Waals surface area contributed by atoms with Gasteiger partial charge in [0, 0.05) is 49.4 Å². The molecule has 8 aromatic rings. The summed E-state index contributed by atoms with van der Waals surface area (Å²) in [4.78, 5) is 53.3. The van der Waals surface area contributed by atoms with E-state index in [4.69, 9.17) is 37.7 Å². The number of hydrogen-bond acceptors (Lipinski definition) is 15. The van der Waals surface area contributed by atoms with E-state index in [2.05, 4.69) is 83.3 Å². The number of carbonyl (C=O) groups excluding carboxylic acids is 3. The number of nitriles is 1. The van der Waals surface area contributed by atoms with Crippen LogP contribution in [0.3, 0.4) is 0 Å². The molecule has 0 spiro atoms. The summed E-state index contributed by atoms with van der Waals surface area (Å²) in [5.41, 5.74) is 7.92. The van der Waals surface area contributed by atoms with Gasteiger partial charge in [-0.3, -0.25) is 19.0 Å². The first-order chi connectivity index (χ1) is 41.9. The molecule has 0 radical (unpaired) electrons. The zero-order valence-corrected chi connectivity index (χ0v) is 50.0. The molecule has 1 fully saturated rings. The second kappa shape index (κ2) is 28.2. The van der Waals surface area contributed by atoms with Gasteiger partial charge in [-0.05, 0) is 115 Å². The Morgan fingerprint density at radius 2 is 1.37 bits per heavy atom. The minimum Gasteiger partial charge on any atom is -0.497 e. The van der Waals surface area contributed by atoms with Crippen molar-refractivity contribution < 1.29 is 47.1 Å². The number of hydrogen-bond donors (Lipinski definition) is 2. The number of esters is 1. The molecule has 4 unspecified atom stereocenters. The van der Waals surface area contributed by atoms with Crippen LogP contribution in [0.25, 0.3) is 22.3 Å². The van der Waals surface area contributed by atoms with Crippen LogP contribution in [0, 0.1) is 11.3 Å². The van der Waals surface area contributed by atoms with Crippen LogP contribution < -0.4 is 20.1 Å². The number of carbonyl (C=O) groups is 3. The molecule has 3 heterocycles. The van der Waals surface area contributed by atoms with Gasteiger partial charge in [-0.2, -0.15) is 5.26 Å². The van der Waals surface area contributed by atoms with Crippen LogP contribution in [0.4, 0.5) is 5.82 Å². The summed E-state index contributed by atoms with van der Waals surface area (Å²) in [6.45, 7) is 9.06. The first-order valence-corrected chi connectivity index (χ1v) is 30.1. The average molecular weight is 1180 g/mol. The minimum absolute atomic E-state index is 0.0283. The number of aromatic nitrogens is 4. The van der Waals surface area contributed by atoms with Crippen LogP contribution in [-0.2, 0) is 45.0 Å². The van der Waals surface area contributed by atoms with Gasteiger partial charge in [-0.1, -0.05) is 115 Å². The molecule has 6 aromatic carbocycles. The Kier molecular flexibility index (Phi) is 19.9. The smallest absolute Gasteiger partial charge is 0.305 e. The van der Waals surface area contributed by atoms with Crippen molar-refractivity contribution in [3.63, 3.8) is 0 Å². The molecule has 0 saturated carbocycles. The Balaban J connectivity index is 0.818. The van der Waals surface area contributed by atoms with Gasteiger partial charge in [-0.15, -0.1) is 0 Å². The maximum Gasteiger partial charge on any atom is 0.305 e. The van der Waals surface area contributed by atoms with Crippen molar-refractivity contribution in [2.45, 2.75) is 108 Å². The van der Waals surface area contributed by atoms with Gasteiger partial charge >= 0.3 is 5.97 Å². The minimum atomic E-state index is -1.72. The highest BCUT2D eigenvalue weighted by Gasteiger charge is 2.45. The van der Waals surface area contributed by atoms with Crippen molar-refractivity contribution in [2.75, 3.05) is 39.4 Å². The van der Waals surface area contributed by atoms with E-state index in [-0.39, 0.29) is 81.3 Å². The molecule has 19 heteroatoms. The van der Waals surface area contributed by atoms with Gasteiger partial charge in [0.2, 0.25) is 5.91 Å². The Morgan fingerprint density at radius 3 is 1.99 bits per heavy atom. The monoisotopic (exact) mass is 1180 g/mol. The van der Waals surface area contributed by atoms with E-state index < -0.39 is 38.5 Å². The maximum atomic E-state index is 13.8. The summed E-state index contributed by atoms with van der Waals surface area (Å²) in [5, 5.41) is 15.4. The van der Waals surface area contributed by atoms with Crippen LogP contribution in [-0.4, -0.2) is 100 Å². The van der Waals surface area contributed by atoms with Crippen LogP contribution in [0.2, 0.25) is 0 Å². The lowest BCUT2D eigenvalue weighted by Gasteiger charge is -2.39. The molecule has 18 nitrogen and oxygen atoms in total. The standard InChI is InChI=1S/C67H71N8O10P/c1-44(2)75(45(3)4)86(83-37-15-36-68)85-58-38-61(84-59(58)41-82-67(48-16-8-7-9-17-48,49-28-32-51(79-5)33-29-49)50-30-34-52(80-6)35-31-50)74-43-72-63-64(70-42-71-65(63)74)73-66(78)47-26-24-46(25-27-47)39-69-60(76)22-14-23-62(77)81-40-57-55-20-12-10-18-53(55)54-19-11-13-21-56(54)57/h7-13,16-21,24-35,42-45,57-59,61H,14-15,22-23,37-41H2,1-6H3,(H,69,76)(H,70,71,73,78). The fourth-order valence-electron chi connectivity index (χ4n) is 11.3. The van der Waals surface area contributed by atoms with E-state index in [0.29, 0.717) is 41.1 Å². The van der Waals surface area contributed by atoms with Gasteiger partial charge < -0.3 is 43.4 Å². The van der Waals surface area contributed by atoms with Crippen LogP contribution in [0.1, 0.15) is 116 Å². The maximum absolute atomic E-state index is 13.8. The Hall–Kier alpha value is -8.40. The van der Waals surface area contributed by atoms with E-state index in [1.165, 1.54) is 6.33 Å². The summed E-state index contributed by atoms with van der Waals surface area (Å²) in [5.74, 6) is 0.591. The summed E-state index contributed by atoms with van der Waals surface area (Å²) in [6.07, 6.45) is 2.15. The summed E-state index contributed by atoms with van der Waals surface area (Å²) >= 11 is 0. The van der Waals surface area contributed by atoms with E-state index in [1.807, 2.05) is 108 Å². The third kappa shape index (κ3) is 13.6. The number of methoxy groups -OCH3 is 2. The zero-order valence-electron chi connectivity index (χ0n) is 49.1. The third-order valence-electron chi connectivity index (χ3n) is 15.5. The molecule has 2 aliphatic rings. The normalized spacial score (nSPS) is 16.0. The first kappa shape index (κ1) is 60.7. The SMILES string of the molecule is COc1ccc(C(OCC2OC(n3cnc4c(NC(=O)c5ccc(CNC(=O)CCCC(=O)OCC6c7ccccc7-c7ccccc76)cc5)ncnc43)CC2OP(OCCC#N)N(C(C)C)C(C)C)(c2ccccc2)c2ccc(OC)cc2)cc1. The Morgan fingerprint density at radius 1 is 0.756 bits per heavy atom. The lowest BCUT2D eigenvalue weighted by molar-refractivity contribution is -0.144.